The minimum Gasteiger partial charge on any atom is -0.339 e. The van der Waals surface area contributed by atoms with E-state index in [1.165, 1.54) is 19.4 Å². The summed E-state index contributed by atoms with van der Waals surface area (Å²) in [5, 5.41) is 9.03. The average Bonchev–Trinajstić information content (AvgIpc) is 3.20. The zero-order valence-electron chi connectivity index (χ0n) is 11.3. The average molecular weight is 249 g/mol. The summed E-state index contributed by atoms with van der Waals surface area (Å²) in [6, 6.07) is 2.15. The third kappa shape index (κ3) is 3.46. The number of carbonyl (C=O) groups excluding carboxylic acids is 1. The molecule has 0 bridgehead atoms. The highest BCUT2D eigenvalue weighted by atomic mass is 16.2. The van der Waals surface area contributed by atoms with E-state index in [1.54, 1.807) is 0 Å². The van der Waals surface area contributed by atoms with Gasteiger partial charge in [0, 0.05) is 32.7 Å². The first kappa shape index (κ1) is 13.4. The van der Waals surface area contributed by atoms with E-state index in [0.717, 1.165) is 38.5 Å². The highest BCUT2D eigenvalue weighted by Crippen LogP contribution is 2.30. The van der Waals surface area contributed by atoms with Crippen LogP contribution >= 0.6 is 0 Å². The number of nitriles is 1. The fourth-order valence-electron chi connectivity index (χ4n) is 2.57. The van der Waals surface area contributed by atoms with Crippen molar-refractivity contribution in [1.29, 1.82) is 5.26 Å². The van der Waals surface area contributed by atoms with Gasteiger partial charge in [0.05, 0.1) is 6.07 Å². The minimum absolute atomic E-state index is 0.0467. The summed E-state index contributed by atoms with van der Waals surface area (Å²) in [6.07, 6.45) is 4.35. The first-order valence-electron chi connectivity index (χ1n) is 7.15. The van der Waals surface area contributed by atoms with E-state index in [1.807, 2.05) is 11.8 Å². The van der Waals surface area contributed by atoms with Crippen LogP contribution in [0.1, 0.15) is 32.6 Å². The van der Waals surface area contributed by atoms with Crippen molar-refractivity contribution in [2.45, 2.75) is 32.6 Å². The second kappa shape index (κ2) is 6.19. The van der Waals surface area contributed by atoms with Crippen molar-refractivity contribution in [2.24, 2.45) is 11.8 Å². The van der Waals surface area contributed by atoms with Crippen molar-refractivity contribution < 1.29 is 4.79 Å². The number of rotatable bonds is 5. The van der Waals surface area contributed by atoms with Crippen LogP contribution in [0.4, 0.5) is 0 Å². The zero-order chi connectivity index (χ0) is 13.0. The number of piperazine rings is 1. The number of carbonyl (C=O) groups is 1. The SMILES string of the molecule is CCCC(C#N)C(=O)N1CCN(CC2CC2)CC1. The van der Waals surface area contributed by atoms with Gasteiger partial charge in [0.1, 0.15) is 5.92 Å². The second-order valence-corrected chi connectivity index (χ2v) is 5.54. The standard InChI is InChI=1S/C14H23N3O/c1-2-3-13(10-15)14(18)17-8-6-16(7-9-17)11-12-4-5-12/h12-13H,2-9,11H2,1H3. The molecule has 0 radical (unpaired) electrons. The molecular weight excluding hydrogens is 226 g/mol. The summed E-state index contributed by atoms with van der Waals surface area (Å²) in [7, 11) is 0. The summed E-state index contributed by atoms with van der Waals surface area (Å²) in [6.45, 7) is 6.78. The van der Waals surface area contributed by atoms with Gasteiger partial charge in [0.25, 0.3) is 0 Å². The topological polar surface area (TPSA) is 47.3 Å². The Balaban J connectivity index is 1.77. The van der Waals surface area contributed by atoms with Crippen molar-refractivity contribution >= 4 is 5.91 Å². The maximum absolute atomic E-state index is 12.1. The summed E-state index contributed by atoms with van der Waals surface area (Å²) in [4.78, 5) is 16.5. The molecule has 18 heavy (non-hydrogen) atoms. The van der Waals surface area contributed by atoms with Crippen LogP contribution in [0.5, 0.6) is 0 Å². The predicted octanol–water partition coefficient (Wildman–Crippen LogP) is 1.48. The lowest BCUT2D eigenvalue weighted by atomic mass is 10.0. The van der Waals surface area contributed by atoms with Crippen LogP contribution in [0.25, 0.3) is 0 Å². The Kier molecular flexibility index (Phi) is 4.60. The minimum atomic E-state index is -0.426. The van der Waals surface area contributed by atoms with E-state index in [0.29, 0.717) is 6.42 Å². The molecule has 4 heteroatoms. The monoisotopic (exact) mass is 249 g/mol. The smallest absolute Gasteiger partial charge is 0.240 e. The molecule has 1 unspecified atom stereocenters. The van der Waals surface area contributed by atoms with Crippen molar-refractivity contribution in [3.05, 3.63) is 0 Å². The largest absolute Gasteiger partial charge is 0.339 e. The summed E-state index contributed by atoms with van der Waals surface area (Å²) < 4.78 is 0. The summed E-state index contributed by atoms with van der Waals surface area (Å²) in [5.74, 6) is 0.537. The van der Waals surface area contributed by atoms with Crippen LogP contribution in [0.2, 0.25) is 0 Å². The molecular formula is C14H23N3O. The van der Waals surface area contributed by atoms with Gasteiger partial charge in [0.15, 0.2) is 0 Å². The molecule has 0 aromatic heterocycles. The van der Waals surface area contributed by atoms with E-state index in [-0.39, 0.29) is 5.91 Å². The summed E-state index contributed by atoms with van der Waals surface area (Å²) >= 11 is 0. The highest BCUT2D eigenvalue weighted by Gasteiger charge is 2.29. The molecule has 2 aliphatic rings. The lowest BCUT2D eigenvalue weighted by molar-refractivity contribution is -0.135. The first-order chi connectivity index (χ1) is 8.74. The van der Waals surface area contributed by atoms with Gasteiger partial charge in [-0.1, -0.05) is 13.3 Å². The number of hydrogen-bond acceptors (Lipinski definition) is 3. The number of hydrogen-bond donors (Lipinski definition) is 0. The highest BCUT2D eigenvalue weighted by molar-refractivity contribution is 5.81. The molecule has 0 spiro atoms. The molecule has 0 aromatic rings. The van der Waals surface area contributed by atoms with Crippen LogP contribution in [0.3, 0.4) is 0 Å². The molecule has 0 aromatic carbocycles. The molecule has 0 N–H and O–H groups in total. The van der Waals surface area contributed by atoms with Gasteiger partial charge in [-0.3, -0.25) is 9.69 Å². The van der Waals surface area contributed by atoms with Crippen LogP contribution in [0, 0.1) is 23.2 Å². The van der Waals surface area contributed by atoms with Gasteiger partial charge in [-0.15, -0.1) is 0 Å². The molecule has 1 aliphatic carbocycles. The van der Waals surface area contributed by atoms with E-state index < -0.39 is 5.92 Å². The van der Waals surface area contributed by atoms with Crippen molar-refractivity contribution in [1.82, 2.24) is 9.80 Å². The van der Waals surface area contributed by atoms with Crippen LogP contribution in [-0.2, 0) is 4.79 Å². The Hall–Kier alpha value is -1.08. The second-order valence-electron chi connectivity index (χ2n) is 5.54. The Morgan fingerprint density at radius 2 is 2.00 bits per heavy atom. The molecule has 2 fully saturated rings. The maximum atomic E-state index is 12.1. The maximum Gasteiger partial charge on any atom is 0.240 e. The fourth-order valence-corrected chi connectivity index (χ4v) is 2.57. The number of nitrogens with zero attached hydrogens (tertiary/aromatic N) is 3. The van der Waals surface area contributed by atoms with E-state index in [2.05, 4.69) is 11.0 Å². The normalized spacial score (nSPS) is 22.6. The molecule has 4 nitrogen and oxygen atoms in total. The van der Waals surface area contributed by atoms with Crippen molar-refractivity contribution in [2.75, 3.05) is 32.7 Å². The van der Waals surface area contributed by atoms with Gasteiger partial charge in [-0.25, -0.2) is 0 Å². The lowest BCUT2D eigenvalue weighted by Crippen LogP contribution is -2.50. The Labute approximate surface area is 110 Å². The van der Waals surface area contributed by atoms with Crippen LogP contribution in [0.15, 0.2) is 0 Å². The lowest BCUT2D eigenvalue weighted by Gasteiger charge is -2.35. The van der Waals surface area contributed by atoms with E-state index >= 15 is 0 Å². The quantitative estimate of drug-likeness (QED) is 0.741. The van der Waals surface area contributed by atoms with Crippen molar-refractivity contribution in [3.63, 3.8) is 0 Å². The Bertz CT molecular complexity index is 324. The fraction of sp³-hybridized carbons (Fsp3) is 0.857. The zero-order valence-corrected chi connectivity index (χ0v) is 11.3. The van der Waals surface area contributed by atoms with Gasteiger partial charge in [0.2, 0.25) is 5.91 Å². The van der Waals surface area contributed by atoms with Crippen LogP contribution in [-0.4, -0.2) is 48.4 Å². The van der Waals surface area contributed by atoms with E-state index in [4.69, 9.17) is 5.26 Å². The molecule has 1 saturated heterocycles. The molecule has 1 saturated carbocycles. The third-order valence-electron chi connectivity index (χ3n) is 3.93. The van der Waals surface area contributed by atoms with Crippen molar-refractivity contribution in [3.8, 4) is 6.07 Å². The van der Waals surface area contributed by atoms with Gasteiger partial charge >= 0.3 is 0 Å². The van der Waals surface area contributed by atoms with Gasteiger partial charge in [-0.05, 0) is 25.2 Å². The molecule has 1 atom stereocenters. The van der Waals surface area contributed by atoms with E-state index in [9.17, 15) is 4.79 Å². The Morgan fingerprint density at radius 3 is 2.50 bits per heavy atom. The molecule has 100 valence electrons. The summed E-state index contributed by atoms with van der Waals surface area (Å²) in [5.41, 5.74) is 0. The molecule has 1 heterocycles. The Morgan fingerprint density at radius 1 is 1.33 bits per heavy atom. The van der Waals surface area contributed by atoms with Gasteiger partial charge in [-0.2, -0.15) is 5.26 Å². The predicted molar refractivity (Wildman–Crippen MR) is 69.8 cm³/mol. The first-order valence-corrected chi connectivity index (χ1v) is 7.15. The molecule has 1 amide bonds. The van der Waals surface area contributed by atoms with Crippen LogP contribution < -0.4 is 0 Å². The number of amides is 1. The molecule has 1 aliphatic heterocycles. The third-order valence-corrected chi connectivity index (χ3v) is 3.93. The van der Waals surface area contributed by atoms with Gasteiger partial charge < -0.3 is 4.90 Å². The molecule has 2 rings (SSSR count).